The largest absolute Gasteiger partial charge is 0.316 e. The van der Waals surface area contributed by atoms with E-state index in [0.29, 0.717) is 18.9 Å². The fourth-order valence-electron chi connectivity index (χ4n) is 2.68. The summed E-state index contributed by atoms with van der Waals surface area (Å²) in [5.74, 6) is 0.104. The molecule has 1 unspecified atom stereocenters. The Bertz CT molecular complexity index is 701. The van der Waals surface area contributed by atoms with E-state index in [2.05, 4.69) is 15.7 Å². The predicted octanol–water partition coefficient (Wildman–Crippen LogP) is 3.08. The summed E-state index contributed by atoms with van der Waals surface area (Å²) < 4.78 is 15.2. The molecule has 1 aromatic heterocycles. The summed E-state index contributed by atoms with van der Waals surface area (Å²) in [4.78, 5) is 12.3. The summed E-state index contributed by atoms with van der Waals surface area (Å²) in [6, 6.07) is 6.37. The van der Waals surface area contributed by atoms with Crippen molar-refractivity contribution in [3.05, 3.63) is 46.9 Å². The number of halogens is 3. The lowest BCUT2D eigenvalue weighted by Crippen LogP contribution is -2.37. The molecule has 1 atom stereocenters. The van der Waals surface area contributed by atoms with Crippen molar-refractivity contribution in [1.82, 2.24) is 15.1 Å². The van der Waals surface area contributed by atoms with Crippen LogP contribution in [0.5, 0.6) is 0 Å². The second-order valence-corrected chi connectivity index (χ2v) is 6.06. The van der Waals surface area contributed by atoms with E-state index >= 15 is 0 Å². The highest BCUT2D eigenvalue weighted by Crippen LogP contribution is 2.18. The fraction of sp³-hybridized carbons (Fsp3) is 0.375. The molecule has 2 heterocycles. The number of carbonyl (C=O) groups excluding carboxylic acids is 1. The first kappa shape index (κ1) is 18.7. The number of amides is 1. The lowest BCUT2D eigenvalue weighted by atomic mass is 9.99. The Labute approximate surface area is 151 Å². The Balaban J connectivity index is 0.00000208. The van der Waals surface area contributed by atoms with Crippen molar-refractivity contribution in [2.75, 3.05) is 18.4 Å². The summed E-state index contributed by atoms with van der Waals surface area (Å²) in [7, 11) is 0. The molecule has 0 aliphatic carbocycles. The first-order valence-electron chi connectivity index (χ1n) is 7.61. The summed E-state index contributed by atoms with van der Waals surface area (Å²) in [5.41, 5.74) is 0.727. The van der Waals surface area contributed by atoms with Crippen LogP contribution in [0, 0.1) is 11.7 Å². The molecule has 24 heavy (non-hydrogen) atoms. The summed E-state index contributed by atoms with van der Waals surface area (Å²) in [6.07, 6.45) is 3.50. The molecule has 0 spiro atoms. The van der Waals surface area contributed by atoms with Crippen molar-refractivity contribution in [1.29, 1.82) is 0 Å². The molecule has 2 aromatic rings. The molecule has 0 bridgehead atoms. The molecule has 0 saturated carbocycles. The Morgan fingerprint density at radius 2 is 2.29 bits per heavy atom. The van der Waals surface area contributed by atoms with Gasteiger partial charge in [-0.25, -0.2) is 9.07 Å². The van der Waals surface area contributed by atoms with Crippen LogP contribution in [0.4, 0.5) is 10.2 Å². The van der Waals surface area contributed by atoms with E-state index < -0.39 is 5.82 Å². The van der Waals surface area contributed by atoms with Crippen LogP contribution in [0.3, 0.4) is 0 Å². The van der Waals surface area contributed by atoms with Crippen molar-refractivity contribution in [3.8, 4) is 0 Å². The van der Waals surface area contributed by atoms with Crippen LogP contribution in [-0.4, -0.2) is 28.8 Å². The maximum atomic E-state index is 13.5. The minimum atomic E-state index is -0.463. The molecule has 3 rings (SSSR count). The van der Waals surface area contributed by atoms with Gasteiger partial charge in [0, 0.05) is 12.6 Å². The number of benzene rings is 1. The number of hydrogen-bond acceptors (Lipinski definition) is 3. The standard InChI is InChI=1S/C16H18ClFN4O.ClH/c17-13-4-3-11(8-14(13)18)10-22-15(5-7-20-22)21-16(23)12-2-1-6-19-9-12;/h3-5,7-8,12,19H,1-2,6,9-10H2,(H,21,23);1H. The quantitative estimate of drug-likeness (QED) is 0.866. The third-order valence-electron chi connectivity index (χ3n) is 3.95. The van der Waals surface area contributed by atoms with E-state index in [1.54, 1.807) is 23.0 Å². The average molecular weight is 373 g/mol. The van der Waals surface area contributed by atoms with E-state index in [1.165, 1.54) is 12.1 Å². The molecule has 8 heteroatoms. The first-order valence-corrected chi connectivity index (χ1v) is 7.98. The molecular formula is C16H19Cl2FN4O. The lowest BCUT2D eigenvalue weighted by Gasteiger charge is -2.22. The molecule has 2 N–H and O–H groups in total. The maximum absolute atomic E-state index is 13.5. The van der Waals surface area contributed by atoms with Gasteiger partial charge in [-0.05, 0) is 37.1 Å². The minimum Gasteiger partial charge on any atom is -0.316 e. The van der Waals surface area contributed by atoms with Crippen molar-refractivity contribution >= 4 is 35.7 Å². The fourth-order valence-corrected chi connectivity index (χ4v) is 2.80. The molecule has 1 aliphatic heterocycles. The number of nitrogens with one attached hydrogen (secondary N) is 2. The maximum Gasteiger partial charge on any atom is 0.229 e. The summed E-state index contributed by atoms with van der Waals surface area (Å²) >= 11 is 5.69. The monoisotopic (exact) mass is 372 g/mol. The van der Waals surface area contributed by atoms with E-state index in [-0.39, 0.29) is 29.3 Å². The van der Waals surface area contributed by atoms with Gasteiger partial charge in [-0.15, -0.1) is 12.4 Å². The first-order chi connectivity index (χ1) is 11.1. The van der Waals surface area contributed by atoms with Gasteiger partial charge in [0.25, 0.3) is 0 Å². The smallest absolute Gasteiger partial charge is 0.229 e. The number of piperidine rings is 1. The third kappa shape index (κ3) is 4.47. The lowest BCUT2D eigenvalue weighted by molar-refractivity contribution is -0.120. The van der Waals surface area contributed by atoms with Crippen LogP contribution < -0.4 is 10.6 Å². The zero-order chi connectivity index (χ0) is 16.2. The highest BCUT2D eigenvalue weighted by atomic mass is 35.5. The predicted molar refractivity (Wildman–Crippen MR) is 94.2 cm³/mol. The number of nitrogens with zero attached hydrogens (tertiary/aromatic N) is 2. The van der Waals surface area contributed by atoms with Gasteiger partial charge in [0.2, 0.25) is 5.91 Å². The van der Waals surface area contributed by atoms with E-state index in [9.17, 15) is 9.18 Å². The zero-order valence-corrected chi connectivity index (χ0v) is 14.5. The van der Waals surface area contributed by atoms with Gasteiger partial charge >= 0.3 is 0 Å². The van der Waals surface area contributed by atoms with E-state index in [4.69, 9.17) is 11.6 Å². The summed E-state index contributed by atoms with van der Waals surface area (Å²) in [5, 5.41) is 10.4. The molecule has 1 saturated heterocycles. The van der Waals surface area contributed by atoms with Gasteiger partial charge in [0.05, 0.1) is 23.7 Å². The molecule has 1 aliphatic rings. The Hall–Kier alpha value is -1.63. The van der Waals surface area contributed by atoms with Crippen LogP contribution >= 0.6 is 24.0 Å². The highest BCUT2D eigenvalue weighted by Gasteiger charge is 2.21. The molecule has 130 valence electrons. The molecule has 5 nitrogen and oxygen atoms in total. The minimum absolute atomic E-state index is 0. The van der Waals surface area contributed by atoms with Gasteiger partial charge in [-0.1, -0.05) is 17.7 Å². The third-order valence-corrected chi connectivity index (χ3v) is 4.26. The highest BCUT2D eigenvalue weighted by molar-refractivity contribution is 6.30. The van der Waals surface area contributed by atoms with E-state index in [1.807, 2.05) is 0 Å². The Kier molecular flexibility index (Phi) is 6.60. The van der Waals surface area contributed by atoms with Crippen molar-refractivity contribution < 1.29 is 9.18 Å². The second-order valence-electron chi connectivity index (χ2n) is 5.66. The van der Waals surface area contributed by atoms with Crippen LogP contribution in [0.1, 0.15) is 18.4 Å². The Morgan fingerprint density at radius 3 is 3.00 bits per heavy atom. The van der Waals surface area contributed by atoms with Gasteiger partial charge in [-0.2, -0.15) is 5.10 Å². The van der Waals surface area contributed by atoms with Crippen molar-refractivity contribution in [2.45, 2.75) is 19.4 Å². The van der Waals surface area contributed by atoms with Crippen molar-refractivity contribution in [2.24, 2.45) is 5.92 Å². The normalized spacial score (nSPS) is 17.2. The number of anilines is 1. The average Bonchev–Trinajstić information content (AvgIpc) is 2.98. The number of hydrogen-bond donors (Lipinski definition) is 2. The van der Waals surface area contributed by atoms with Gasteiger partial charge in [-0.3, -0.25) is 4.79 Å². The molecule has 0 radical (unpaired) electrons. The van der Waals surface area contributed by atoms with Crippen LogP contribution in [0.2, 0.25) is 5.02 Å². The molecule has 1 amide bonds. The van der Waals surface area contributed by atoms with E-state index in [0.717, 1.165) is 24.9 Å². The number of aromatic nitrogens is 2. The SMILES string of the molecule is Cl.O=C(Nc1ccnn1Cc1ccc(Cl)c(F)c1)C1CCCNC1. The Morgan fingerprint density at radius 1 is 1.46 bits per heavy atom. The van der Waals surface area contributed by atoms with Gasteiger partial charge in [0.15, 0.2) is 0 Å². The molecular weight excluding hydrogens is 354 g/mol. The molecule has 1 fully saturated rings. The number of rotatable bonds is 4. The number of carbonyl (C=O) groups is 1. The topological polar surface area (TPSA) is 59.0 Å². The van der Waals surface area contributed by atoms with Gasteiger partial charge in [0.1, 0.15) is 11.6 Å². The van der Waals surface area contributed by atoms with Crippen LogP contribution in [-0.2, 0) is 11.3 Å². The van der Waals surface area contributed by atoms with Crippen molar-refractivity contribution in [3.63, 3.8) is 0 Å². The second kappa shape index (κ2) is 8.46. The van der Waals surface area contributed by atoms with Gasteiger partial charge < -0.3 is 10.6 Å². The van der Waals surface area contributed by atoms with Crippen LogP contribution in [0.15, 0.2) is 30.5 Å². The van der Waals surface area contributed by atoms with Crippen LogP contribution in [0.25, 0.3) is 0 Å². The molecule has 1 aromatic carbocycles. The summed E-state index contributed by atoms with van der Waals surface area (Å²) in [6.45, 7) is 2.02. The zero-order valence-electron chi connectivity index (χ0n) is 13.0.